The van der Waals surface area contributed by atoms with Crippen LogP contribution in [0.15, 0.2) is 59.8 Å². The molecule has 3 rings (SSSR count). The summed E-state index contributed by atoms with van der Waals surface area (Å²) in [4.78, 5) is 12.8. The summed E-state index contributed by atoms with van der Waals surface area (Å²) in [5.74, 6) is -0.0893. The van der Waals surface area contributed by atoms with E-state index in [0.717, 1.165) is 5.56 Å². The van der Waals surface area contributed by atoms with E-state index in [1.165, 1.54) is 0 Å². The van der Waals surface area contributed by atoms with Gasteiger partial charge in [-0.15, -0.1) is 0 Å². The van der Waals surface area contributed by atoms with E-state index in [4.69, 9.17) is 23.8 Å². The van der Waals surface area contributed by atoms with Crippen molar-refractivity contribution in [1.29, 1.82) is 0 Å². The van der Waals surface area contributed by atoms with Crippen molar-refractivity contribution in [2.75, 3.05) is 5.32 Å². The van der Waals surface area contributed by atoms with E-state index in [9.17, 15) is 9.90 Å². The van der Waals surface area contributed by atoms with Gasteiger partial charge in [0, 0.05) is 16.4 Å². The van der Waals surface area contributed by atoms with E-state index in [2.05, 4.69) is 16.0 Å². The summed E-state index contributed by atoms with van der Waals surface area (Å²) in [6.45, 7) is 1.80. The monoisotopic (exact) mass is 373 g/mol. The SMILES string of the molecule is CC1=C(C(=O)Nc2ccc(Cl)cc2)[C@H](c2ccc(O)cc2)NC(=S)N1. The molecule has 0 saturated heterocycles. The minimum Gasteiger partial charge on any atom is -0.508 e. The molecule has 4 N–H and O–H groups in total. The number of carbonyl (C=O) groups is 1. The molecule has 0 bridgehead atoms. The van der Waals surface area contributed by atoms with Crippen LogP contribution in [0.1, 0.15) is 18.5 Å². The molecule has 0 fully saturated rings. The molecule has 7 heteroatoms. The zero-order chi connectivity index (χ0) is 18.0. The molecule has 1 amide bonds. The van der Waals surface area contributed by atoms with Crippen molar-refractivity contribution in [1.82, 2.24) is 10.6 Å². The Balaban J connectivity index is 1.92. The van der Waals surface area contributed by atoms with Gasteiger partial charge in [-0.3, -0.25) is 4.79 Å². The molecule has 0 spiro atoms. The van der Waals surface area contributed by atoms with Gasteiger partial charge >= 0.3 is 0 Å². The van der Waals surface area contributed by atoms with E-state index in [1.807, 2.05) is 0 Å². The van der Waals surface area contributed by atoms with Crippen LogP contribution in [-0.2, 0) is 4.79 Å². The number of halogens is 1. The molecular formula is C18H16ClN3O2S. The summed E-state index contributed by atoms with van der Waals surface area (Å²) in [6, 6.07) is 13.1. The number of anilines is 1. The first-order valence-corrected chi connectivity index (χ1v) is 8.37. The molecule has 1 aliphatic rings. The van der Waals surface area contributed by atoms with Crippen LogP contribution in [0.3, 0.4) is 0 Å². The van der Waals surface area contributed by atoms with E-state index >= 15 is 0 Å². The summed E-state index contributed by atoms with van der Waals surface area (Å²) < 4.78 is 0. The lowest BCUT2D eigenvalue weighted by atomic mass is 9.95. The van der Waals surface area contributed by atoms with Crippen LogP contribution in [0.5, 0.6) is 5.75 Å². The predicted molar refractivity (Wildman–Crippen MR) is 102 cm³/mol. The average Bonchev–Trinajstić information content (AvgIpc) is 2.57. The number of aromatic hydroxyl groups is 1. The number of phenols is 1. The van der Waals surface area contributed by atoms with Gasteiger partial charge in [0.05, 0.1) is 11.6 Å². The number of nitrogens with one attached hydrogen (secondary N) is 3. The predicted octanol–water partition coefficient (Wildman–Crippen LogP) is 3.48. The van der Waals surface area contributed by atoms with Crippen LogP contribution in [0, 0.1) is 0 Å². The minimum absolute atomic E-state index is 0.160. The van der Waals surface area contributed by atoms with Crippen LogP contribution >= 0.6 is 23.8 Å². The Morgan fingerprint density at radius 2 is 1.80 bits per heavy atom. The van der Waals surface area contributed by atoms with Gasteiger partial charge in [0.15, 0.2) is 5.11 Å². The lowest BCUT2D eigenvalue weighted by molar-refractivity contribution is -0.113. The molecule has 2 aromatic rings. The topological polar surface area (TPSA) is 73.4 Å². The van der Waals surface area contributed by atoms with E-state index in [0.29, 0.717) is 27.1 Å². The Morgan fingerprint density at radius 3 is 2.44 bits per heavy atom. The highest BCUT2D eigenvalue weighted by Gasteiger charge is 2.29. The third-order valence-corrected chi connectivity index (χ3v) is 4.31. The molecule has 1 heterocycles. The Hall–Kier alpha value is -2.57. The first kappa shape index (κ1) is 17.3. The number of allylic oxidation sites excluding steroid dienone is 1. The molecular weight excluding hydrogens is 358 g/mol. The molecule has 2 aromatic carbocycles. The molecule has 0 saturated carbocycles. The van der Waals surface area contributed by atoms with Gasteiger partial charge < -0.3 is 21.1 Å². The maximum atomic E-state index is 12.8. The van der Waals surface area contributed by atoms with Crippen molar-refractivity contribution in [2.45, 2.75) is 13.0 Å². The molecule has 0 aliphatic carbocycles. The second kappa shape index (κ2) is 7.13. The maximum absolute atomic E-state index is 12.8. The highest BCUT2D eigenvalue weighted by Crippen LogP contribution is 2.29. The average molecular weight is 374 g/mol. The fourth-order valence-electron chi connectivity index (χ4n) is 2.64. The number of hydrogen-bond donors (Lipinski definition) is 4. The van der Waals surface area contributed by atoms with Crippen LogP contribution < -0.4 is 16.0 Å². The van der Waals surface area contributed by atoms with Crippen LogP contribution in [-0.4, -0.2) is 16.1 Å². The number of phenolic OH excluding ortho intramolecular Hbond substituents is 1. The highest BCUT2D eigenvalue weighted by molar-refractivity contribution is 7.80. The summed E-state index contributed by atoms with van der Waals surface area (Å²) in [6.07, 6.45) is 0. The van der Waals surface area contributed by atoms with Gasteiger partial charge in [-0.25, -0.2) is 0 Å². The standard InChI is InChI=1S/C18H16ClN3O2S/c1-10-15(17(24)21-13-6-4-12(19)5-7-13)16(22-18(25)20-10)11-2-8-14(23)9-3-11/h2-9,16,23H,1H3,(H,21,24)(H2,20,22,25)/t16-/m0/s1. The van der Waals surface area contributed by atoms with Gasteiger partial charge in [0.2, 0.25) is 0 Å². The molecule has 1 aliphatic heterocycles. The van der Waals surface area contributed by atoms with Crippen LogP contribution in [0.2, 0.25) is 5.02 Å². The van der Waals surface area contributed by atoms with Gasteiger partial charge in [0.25, 0.3) is 5.91 Å². The second-order valence-electron chi connectivity index (χ2n) is 5.62. The second-order valence-corrected chi connectivity index (χ2v) is 6.47. The first-order chi connectivity index (χ1) is 11.9. The van der Waals surface area contributed by atoms with Crippen molar-refractivity contribution in [3.05, 3.63) is 70.4 Å². The number of hydrogen-bond acceptors (Lipinski definition) is 3. The summed E-state index contributed by atoms with van der Waals surface area (Å²) in [5, 5.41) is 19.5. The van der Waals surface area contributed by atoms with Crippen LogP contribution in [0.4, 0.5) is 5.69 Å². The van der Waals surface area contributed by atoms with Crippen molar-refractivity contribution in [3.8, 4) is 5.75 Å². The Bertz CT molecular complexity index is 848. The Labute approximate surface area is 155 Å². The van der Waals surface area contributed by atoms with Gasteiger partial charge in [-0.1, -0.05) is 23.7 Å². The fraction of sp³-hybridized carbons (Fsp3) is 0.111. The number of amides is 1. The van der Waals surface area contributed by atoms with Crippen molar-refractivity contribution < 1.29 is 9.90 Å². The molecule has 0 aromatic heterocycles. The number of rotatable bonds is 3. The number of thiocarbonyl (C=S) groups is 1. The molecule has 0 radical (unpaired) electrons. The summed E-state index contributed by atoms with van der Waals surface area (Å²) in [5.41, 5.74) is 2.66. The number of carbonyl (C=O) groups excluding carboxylic acids is 1. The third kappa shape index (κ3) is 3.92. The zero-order valence-corrected chi connectivity index (χ0v) is 14.9. The summed E-state index contributed by atoms with van der Waals surface area (Å²) in [7, 11) is 0. The molecule has 1 atom stereocenters. The van der Waals surface area contributed by atoms with Gasteiger partial charge in [-0.2, -0.15) is 0 Å². The van der Waals surface area contributed by atoms with E-state index in [1.54, 1.807) is 55.5 Å². The lowest BCUT2D eigenvalue weighted by Crippen LogP contribution is -2.45. The quantitative estimate of drug-likeness (QED) is 0.620. The van der Waals surface area contributed by atoms with Gasteiger partial charge in [0.1, 0.15) is 5.75 Å². The minimum atomic E-state index is -0.415. The van der Waals surface area contributed by atoms with Crippen molar-refractivity contribution in [3.63, 3.8) is 0 Å². The smallest absolute Gasteiger partial charge is 0.255 e. The van der Waals surface area contributed by atoms with E-state index < -0.39 is 6.04 Å². The normalized spacial score (nSPS) is 16.9. The fourth-order valence-corrected chi connectivity index (χ4v) is 3.04. The highest BCUT2D eigenvalue weighted by atomic mass is 35.5. The summed E-state index contributed by atoms with van der Waals surface area (Å²) >= 11 is 11.1. The van der Waals surface area contributed by atoms with Crippen molar-refractivity contribution in [2.24, 2.45) is 0 Å². The first-order valence-electron chi connectivity index (χ1n) is 7.58. The largest absolute Gasteiger partial charge is 0.508 e. The van der Waals surface area contributed by atoms with Crippen molar-refractivity contribution >= 4 is 40.5 Å². The maximum Gasteiger partial charge on any atom is 0.255 e. The third-order valence-electron chi connectivity index (χ3n) is 3.84. The molecule has 128 valence electrons. The molecule has 0 unspecified atom stereocenters. The zero-order valence-electron chi connectivity index (χ0n) is 13.3. The van der Waals surface area contributed by atoms with Crippen LogP contribution in [0.25, 0.3) is 0 Å². The number of benzene rings is 2. The lowest BCUT2D eigenvalue weighted by Gasteiger charge is -2.30. The Kier molecular flexibility index (Phi) is 4.92. The van der Waals surface area contributed by atoms with E-state index in [-0.39, 0.29) is 11.7 Å². The molecule has 5 nitrogen and oxygen atoms in total. The van der Waals surface area contributed by atoms with Gasteiger partial charge in [-0.05, 0) is 61.1 Å². The Morgan fingerprint density at radius 1 is 1.16 bits per heavy atom. The molecule has 25 heavy (non-hydrogen) atoms.